The molecule has 16 heavy (non-hydrogen) atoms. The first-order valence-corrected chi connectivity index (χ1v) is 6.22. The van der Waals surface area contributed by atoms with E-state index in [9.17, 15) is 4.79 Å². The summed E-state index contributed by atoms with van der Waals surface area (Å²) in [5.41, 5.74) is 0. The molecule has 0 spiro atoms. The van der Waals surface area contributed by atoms with E-state index in [1.807, 2.05) is 31.7 Å². The fourth-order valence-electron chi connectivity index (χ4n) is 1.76. The highest BCUT2D eigenvalue weighted by molar-refractivity contribution is 5.81. The fraction of sp³-hybridized carbons (Fsp3) is 0.769. The van der Waals surface area contributed by atoms with Gasteiger partial charge in [-0.25, -0.2) is 0 Å². The molecule has 0 aromatic heterocycles. The predicted molar refractivity (Wildman–Crippen MR) is 69.4 cm³/mol. The summed E-state index contributed by atoms with van der Waals surface area (Å²) in [4.78, 5) is 13.8. The quantitative estimate of drug-likeness (QED) is 0.643. The van der Waals surface area contributed by atoms with Crippen LogP contribution in [0.5, 0.6) is 0 Å². The lowest BCUT2D eigenvalue weighted by atomic mass is 10.1. The molecule has 0 heterocycles. The molecule has 2 unspecified atom stereocenters. The van der Waals surface area contributed by atoms with E-state index < -0.39 is 0 Å². The molecule has 0 aromatic rings. The van der Waals surface area contributed by atoms with E-state index in [-0.39, 0.29) is 11.9 Å². The Morgan fingerprint density at radius 3 is 2.38 bits per heavy atom. The number of carbonyl (C=O) groups excluding carboxylic acids is 1. The Kier molecular flexibility index (Phi) is 7.90. The first kappa shape index (κ1) is 15.2. The van der Waals surface area contributed by atoms with Crippen LogP contribution in [0.15, 0.2) is 12.7 Å². The molecule has 0 aromatic carbocycles. The van der Waals surface area contributed by atoms with Gasteiger partial charge in [-0.2, -0.15) is 0 Å². The monoisotopic (exact) mass is 226 g/mol. The van der Waals surface area contributed by atoms with Gasteiger partial charge in [-0.15, -0.1) is 6.58 Å². The lowest BCUT2D eigenvalue weighted by molar-refractivity contribution is -0.132. The van der Waals surface area contributed by atoms with Crippen LogP contribution in [-0.4, -0.2) is 36.0 Å². The van der Waals surface area contributed by atoms with E-state index in [1.54, 1.807) is 0 Å². The fourth-order valence-corrected chi connectivity index (χ4v) is 1.76. The van der Waals surface area contributed by atoms with Gasteiger partial charge in [0.15, 0.2) is 0 Å². The minimum atomic E-state index is -0.0975. The van der Waals surface area contributed by atoms with E-state index in [0.717, 1.165) is 25.9 Å². The minimum Gasteiger partial charge on any atom is -0.342 e. The average Bonchev–Trinajstić information content (AvgIpc) is 2.27. The Bertz CT molecular complexity index is 212. The van der Waals surface area contributed by atoms with Gasteiger partial charge in [0.2, 0.25) is 5.91 Å². The van der Waals surface area contributed by atoms with Crippen molar-refractivity contribution in [1.29, 1.82) is 0 Å². The number of hydrogen-bond donors (Lipinski definition) is 1. The largest absolute Gasteiger partial charge is 0.342 e. The SMILES string of the molecule is C=CCCC(C)NC(C)C(=O)N(CC)CC. The first-order valence-electron chi connectivity index (χ1n) is 6.22. The molecule has 0 saturated carbocycles. The molecule has 0 aliphatic carbocycles. The number of amides is 1. The van der Waals surface area contributed by atoms with Crippen LogP contribution in [0.2, 0.25) is 0 Å². The van der Waals surface area contributed by atoms with Crippen molar-refractivity contribution >= 4 is 5.91 Å². The highest BCUT2D eigenvalue weighted by Gasteiger charge is 2.18. The normalized spacial score (nSPS) is 14.2. The molecular formula is C13H26N2O. The maximum absolute atomic E-state index is 12.0. The predicted octanol–water partition coefficient (Wildman–Crippen LogP) is 2.19. The van der Waals surface area contributed by atoms with Gasteiger partial charge in [0, 0.05) is 19.1 Å². The van der Waals surface area contributed by atoms with Crippen molar-refractivity contribution in [3.8, 4) is 0 Å². The number of nitrogens with one attached hydrogen (secondary N) is 1. The highest BCUT2D eigenvalue weighted by atomic mass is 16.2. The summed E-state index contributed by atoms with van der Waals surface area (Å²) in [6.45, 7) is 13.3. The molecule has 2 atom stereocenters. The van der Waals surface area contributed by atoms with Crippen LogP contribution in [0, 0.1) is 0 Å². The second-order valence-corrected chi connectivity index (χ2v) is 4.17. The van der Waals surface area contributed by atoms with Crippen LogP contribution in [0.1, 0.15) is 40.5 Å². The van der Waals surface area contributed by atoms with Crippen LogP contribution >= 0.6 is 0 Å². The number of rotatable bonds is 8. The summed E-state index contributed by atoms with van der Waals surface area (Å²) < 4.78 is 0. The molecule has 94 valence electrons. The smallest absolute Gasteiger partial charge is 0.239 e. The molecule has 0 bridgehead atoms. The summed E-state index contributed by atoms with van der Waals surface area (Å²) >= 11 is 0. The maximum atomic E-state index is 12.0. The number of allylic oxidation sites excluding steroid dienone is 1. The van der Waals surface area contributed by atoms with Crippen molar-refractivity contribution < 1.29 is 4.79 Å². The molecule has 0 rings (SSSR count). The molecule has 0 saturated heterocycles. The second-order valence-electron chi connectivity index (χ2n) is 4.17. The third-order valence-corrected chi connectivity index (χ3v) is 2.78. The van der Waals surface area contributed by atoms with Gasteiger partial charge in [-0.1, -0.05) is 6.08 Å². The Morgan fingerprint density at radius 2 is 1.94 bits per heavy atom. The van der Waals surface area contributed by atoms with Gasteiger partial charge in [-0.3, -0.25) is 4.79 Å². The number of likely N-dealkylation sites (N-methyl/N-ethyl adjacent to an activating group) is 1. The zero-order valence-electron chi connectivity index (χ0n) is 11.1. The van der Waals surface area contributed by atoms with Crippen LogP contribution in [0.4, 0.5) is 0 Å². The van der Waals surface area contributed by atoms with Crippen LogP contribution in [0.3, 0.4) is 0 Å². The summed E-state index contributed by atoms with van der Waals surface area (Å²) in [5.74, 6) is 0.190. The van der Waals surface area contributed by atoms with Crippen LogP contribution in [0.25, 0.3) is 0 Å². The minimum absolute atomic E-state index is 0.0975. The Balaban J connectivity index is 4.07. The van der Waals surface area contributed by atoms with Crippen LogP contribution in [-0.2, 0) is 4.79 Å². The van der Waals surface area contributed by atoms with Crippen molar-refractivity contribution in [1.82, 2.24) is 10.2 Å². The standard InChI is InChI=1S/C13H26N2O/c1-6-9-10-11(4)14-12(5)13(16)15(7-2)8-3/h6,11-12,14H,1,7-10H2,2-5H3. The van der Waals surface area contributed by atoms with Gasteiger partial charge < -0.3 is 10.2 Å². The summed E-state index contributed by atoms with van der Waals surface area (Å²) in [6, 6.07) is 0.257. The Morgan fingerprint density at radius 1 is 1.38 bits per heavy atom. The van der Waals surface area contributed by atoms with Gasteiger partial charge >= 0.3 is 0 Å². The van der Waals surface area contributed by atoms with E-state index >= 15 is 0 Å². The highest BCUT2D eigenvalue weighted by Crippen LogP contribution is 2.01. The molecule has 0 aliphatic rings. The summed E-state index contributed by atoms with van der Waals surface area (Å²) in [6.07, 6.45) is 3.93. The summed E-state index contributed by atoms with van der Waals surface area (Å²) in [7, 11) is 0. The van der Waals surface area contributed by atoms with Crippen molar-refractivity contribution in [2.24, 2.45) is 0 Å². The van der Waals surface area contributed by atoms with Crippen LogP contribution < -0.4 is 5.32 Å². The van der Waals surface area contributed by atoms with Gasteiger partial charge in [-0.05, 0) is 40.5 Å². The molecule has 3 heteroatoms. The number of hydrogen-bond acceptors (Lipinski definition) is 2. The van der Waals surface area contributed by atoms with E-state index in [1.165, 1.54) is 0 Å². The van der Waals surface area contributed by atoms with E-state index in [2.05, 4.69) is 18.8 Å². The van der Waals surface area contributed by atoms with E-state index in [0.29, 0.717) is 6.04 Å². The second kappa shape index (κ2) is 8.34. The topological polar surface area (TPSA) is 32.3 Å². The number of carbonyl (C=O) groups is 1. The lowest BCUT2D eigenvalue weighted by Gasteiger charge is -2.25. The van der Waals surface area contributed by atoms with Crippen molar-refractivity contribution in [3.05, 3.63) is 12.7 Å². The average molecular weight is 226 g/mol. The Labute approximate surface area is 99.9 Å². The molecule has 0 radical (unpaired) electrons. The van der Waals surface area contributed by atoms with Gasteiger partial charge in [0.1, 0.15) is 0 Å². The maximum Gasteiger partial charge on any atom is 0.239 e. The zero-order valence-corrected chi connectivity index (χ0v) is 11.1. The molecule has 3 nitrogen and oxygen atoms in total. The summed E-state index contributed by atoms with van der Waals surface area (Å²) in [5, 5.41) is 3.32. The number of nitrogens with zero attached hydrogens (tertiary/aromatic N) is 1. The molecule has 0 fully saturated rings. The molecule has 1 amide bonds. The molecule has 0 aliphatic heterocycles. The van der Waals surface area contributed by atoms with Gasteiger partial charge in [0.25, 0.3) is 0 Å². The van der Waals surface area contributed by atoms with Crippen molar-refractivity contribution in [2.45, 2.75) is 52.6 Å². The third-order valence-electron chi connectivity index (χ3n) is 2.78. The molecular weight excluding hydrogens is 200 g/mol. The van der Waals surface area contributed by atoms with E-state index in [4.69, 9.17) is 0 Å². The zero-order chi connectivity index (χ0) is 12.6. The Hall–Kier alpha value is -0.830. The molecule has 1 N–H and O–H groups in total. The first-order chi connectivity index (χ1) is 7.56. The third kappa shape index (κ3) is 5.31. The lowest BCUT2D eigenvalue weighted by Crippen LogP contribution is -2.47. The van der Waals surface area contributed by atoms with Gasteiger partial charge in [0.05, 0.1) is 6.04 Å². The van der Waals surface area contributed by atoms with Crippen molar-refractivity contribution in [2.75, 3.05) is 13.1 Å². The van der Waals surface area contributed by atoms with Crippen molar-refractivity contribution in [3.63, 3.8) is 0 Å².